The van der Waals surface area contributed by atoms with Crippen molar-refractivity contribution in [2.75, 3.05) is 33.4 Å². The highest BCUT2D eigenvalue weighted by atomic mass is 32.3. The molecule has 0 spiro atoms. The minimum absolute atomic E-state index is 0.870. The van der Waals surface area contributed by atoms with Gasteiger partial charge in [0.1, 0.15) is 0 Å². The Balaban J connectivity index is 0.000000288. The van der Waals surface area contributed by atoms with Gasteiger partial charge < -0.3 is 4.90 Å². The van der Waals surface area contributed by atoms with Crippen LogP contribution in [0.1, 0.15) is 6.92 Å². The first-order valence-corrected chi connectivity index (χ1v) is 5.91. The van der Waals surface area contributed by atoms with E-state index in [9.17, 15) is 8.42 Å². The van der Waals surface area contributed by atoms with E-state index >= 15 is 0 Å². The number of nitrogens with zero attached hydrogens (tertiary/aromatic N) is 2. The molecule has 6 nitrogen and oxygen atoms in total. The topological polar surface area (TPSA) is 70.1 Å². The average Bonchev–Trinajstić information content (AvgIpc) is 2.65. The van der Waals surface area contributed by atoms with Crippen LogP contribution in [0.4, 0.5) is 0 Å². The predicted octanol–water partition coefficient (Wildman–Crippen LogP) is 0.161. The molecule has 1 N–H and O–H groups in total. The molecule has 0 atom stereocenters. The molecule has 0 aliphatic carbocycles. The number of likely N-dealkylation sites (N-methyl/N-ethyl adjacent to an activating group) is 1. The third-order valence-electron chi connectivity index (χ3n) is 2.00. The van der Waals surface area contributed by atoms with Crippen molar-refractivity contribution in [2.45, 2.75) is 6.92 Å². The largest absolute Gasteiger partial charge is 0.397 e. The molecule has 90 valence electrons. The highest BCUT2D eigenvalue weighted by molar-refractivity contribution is 7.80. The van der Waals surface area contributed by atoms with Crippen LogP contribution in [0.25, 0.3) is 0 Å². The summed E-state index contributed by atoms with van der Waals surface area (Å²) in [5.41, 5.74) is 0. The molecule has 1 saturated heterocycles. The van der Waals surface area contributed by atoms with E-state index in [1.165, 1.54) is 6.54 Å². The van der Waals surface area contributed by atoms with Crippen molar-refractivity contribution in [1.29, 1.82) is 0 Å². The van der Waals surface area contributed by atoms with Crippen molar-refractivity contribution in [3.8, 4) is 0 Å². The van der Waals surface area contributed by atoms with E-state index in [2.05, 4.69) is 27.5 Å². The Morgan fingerprint density at radius 3 is 2.27 bits per heavy atom. The first kappa shape index (κ1) is 14.4. The van der Waals surface area contributed by atoms with E-state index in [-0.39, 0.29) is 0 Å². The van der Waals surface area contributed by atoms with Crippen LogP contribution in [0.3, 0.4) is 0 Å². The fourth-order valence-corrected chi connectivity index (χ4v) is 1.08. The van der Waals surface area contributed by atoms with Crippen molar-refractivity contribution in [3.05, 3.63) is 12.8 Å². The summed E-state index contributed by atoms with van der Waals surface area (Å²) < 4.78 is 29.7. The van der Waals surface area contributed by atoms with Crippen LogP contribution < -0.4 is 0 Å². The van der Waals surface area contributed by atoms with Crippen LogP contribution in [0.5, 0.6) is 0 Å². The number of rotatable bonds is 3. The van der Waals surface area contributed by atoms with Gasteiger partial charge in [0.2, 0.25) is 0 Å². The zero-order valence-electron chi connectivity index (χ0n) is 9.09. The Morgan fingerprint density at radius 1 is 1.53 bits per heavy atom. The molecule has 1 fully saturated rings. The van der Waals surface area contributed by atoms with Gasteiger partial charge in [-0.1, -0.05) is 13.5 Å². The van der Waals surface area contributed by atoms with Crippen molar-refractivity contribution in [1.82, 2.24) is 9.80 Å². The second-order valence-corrected chi connectivity index (χ2v) is 4.13. The van der Waals surface area contributed by atoms with Crippen molar-refractivity contribution in [3.63, 3.8) is 0 Å². The quantitative estimate of drug-likeness (QED) is 0.706. The fourth-order valence-electron chi connectivity index (χ4n) is 1.08. The predicted molar refractivity (Wildman–Crippen MR) is 57.6 cm³/mol. The molecular formula is C8H18N2O4S. The highest BCUT2D eigenvalue weighted by Crippen LogP contribution is 2.02. The lowest BCUT2D eigenvalue weighted by Gasteiger charge is -2.12. The van der Waals surface area contributed by atoms with E-state index in [0.717, 1.165) is 26.9 Å². The molecule has 0 saturated carbocycles. The minimum Gasteiger partial charge on any atom is -0.364 e. The summed E-state index contributed by atoms with van der Waals surface area (Å²) in [5, 5.41) is 0. The Kier molecular flexibility index (Phi) is 6.50. The van der Waals surface area contributed by atoms with Crippen molar-refractivity contribution >= 4 is 10.4 Å². The Morgan fingerprint density at radius 2 is 2.07 bits per heavy atom. The molecular weight excluding hydrogens is 220 g/mol. The molecule has 0 radical (unpaired) electrons. The molecule has 1 rings (SSSR count). The van der Waals surface area contributed by atoms with Gasteiger partial charge in [0, 0.05) is 13.1 Å². The number of hydrogen-bond acceptors (Lipinski definition) is 5. The van der Waals surface area contributed by atoms with Crippen LogP contribution in [0, 0.1) is 0 Å². The third kappa shape index (κ3) is 7.32. The molecule has 0 aromatic rings. The Hall–Kier alpha value is -0.630. The maximum atomic E-state index is 9.33. The van der Waals surface area contributed by atoms with Crippen LogP contribution in [-0.2, 0) is 14.6 Å². The summed E-state index contributed by atoms with van der Waals surface area (Å²) in [5.74, 6) is 0. The highest BCUT2D eigenvalue weighted by Gasteiger charge is 2.13. The van der Waals surface area contributed by atoms with Crippen molar-refractivity contribution in [2.24, 2.45) is 0 Å². The summed E-state index contributed by atoms with van der Waals surface area (Å²) in [6.45, 7) is 10.5. The van der Waals surface area contributed by atoms with Gasteiger partial charge in [-0.05, 0) is 12.7 Å². The van der Waals surface area contributed by atoms with Crippen LogP contribution in [-0.4, -0.2) is 56.2 Å². The third-order valence-corrected chi connectivity index (χ3v) is 2.42. The normalized spacial score (nSPS) is 17.1. The molecule has 15 heavy (non-hydrogen) atoms. The average molecular weight is 238 g/mol. The second kappa shape index (κ2) is 6.78. The molecule has 0 bridgehead atoms. The van der Waals surface area contributed by atoms with Gasteiger partial charge in [-0.15, -0.1) is 0 Å². The number of hydrogen-bond donors (Lipinski definition) is 1. The lowest BCUT2D eigenvalue weighted by molar-refractivity contribution is 0.303. The van der Waals surface area contributed by atoms with Crippen molar-refractivity contribution < 1.29 is 17.2 Å². The molecule has 1 heterocycles. The van der Waals surface area contributed by atoms with Gasteiger partial charge in [0.15, 0.2) is 0 Å². The zero-order chi connectivity index (χ0) is 11.9. The van der Waals surface area contributed by atoms with Crippen LogP contribution in [0.15, 0.2) is 12.8 Å². The van der Waals surface area contributed by atoms with E-state index < -0.39 is 10.4 Å². The van der Waals surface area contributed by atoms with Crippen LogP contribution in [0.2, 0.25) is 0 Å². The van der Waals surface area contributed by atoms with E-state index in [4.69, 9.17) is 4.55 Å². The Bertz CT molecular complexity index is 278. The van der Waals surface area contributed by atoms with Crippen LogP contribution >= 0.6 is 0 Å². The van der Waals surface area contributed by atoms with E-state index in [1.54, 1.807) is 0 Å². The SMILES string of the molecule is C=CN1CCN(CC)C1.COS(=O)(=O)O. The molecule has 0 amide bonds. The molecule has 7 heteroatoms. The summed E-state index contributed by atoms with van der Waals surface area (Å²) in [7, 11) is -3.29. The maximum Gasteiger partial charge on any atom is 0.397 e. The first-order valence-electron chi connectivity index (χ1n) is 4.55. The summed E-state index contributed by atoms with van der Waals surface area (Å²) >= 11 is 0. The minimum atomic E-state index is -4.16. The zero-order valence-corrected chi connectivity index (χ0v) is 9.90. The summed E-state index contributed by atoms with van der Waals surface area (Å²) in [4.78, 5) is 4.62. The summed E-state index contributed by atoms with van der Waals surface area (Å²) in [6, 6.07) is 0. The monoisotopic (exact) mass is 238 g/mol. The second-order valence-electron chi connectivity index (χ2n) is 2.94. The molecule has 1 aliphatic rings. The van der Waals surface area contributed by atoms with Gasteiger partial charge in [-0.3, -0.25) is 13.6 Å². The fraction of sp³-hybridized carbons (Fsp3) is 0.750. The standard InChI is InChI=1S/C7H14N2.CH4O4S/c1-3-8-5-6-9(4-2)7-8;1-5-6(2,3)4/h3H,1,4-7H2,2H3;1H3,(H,2,3,4). The molecule has 0 aromatic heterocycles. The molecule has 0 unspecified atom stereocenters. The molecule has 0 aromatic carbocycles. The lowest BCUT2D eigenvalue weighted by Crippen LogP contribution is -2.21. The lowest BCUT2D eigenvalue weighted by atomic mass is 10.6. The first-order chi connectivity index (χ1) is 6.92. The van der Waals surface area contributed by atoms with Gasteiger partial charge in [-0.25, -0.2) is 0 Å². The van der Waals surface area contributed by atoms with Gasteiger partial charge in [-0.2, -0.15) is 8.42 Å². The van der Waals surface area contributed by atoms with E-state index in [1.807, 2.05) is 6.20 Å². The Labute approximate surface area is 91.1 Å². The smallest absolute Gasteiger partial charge is 0.364 e. The van der Waals surface area contributed by atoms with Gasteiger partial charge in [0.05, 0.1) is 13.8 Å². The van der Waals surface area contributed by atoms with E-state index in [0.29, 0.717) is 0 Å². The summed E-state index contributed by atoms with van der Waals surface area (Å²) in [6.07, 6.45) is 1.91. The van der Waals surface area contributed by atoms with Gasteiger partial charge >= 0.3 is 10.4 Å². The van der Waals surface area contributed by atoms with Gasteiger partial charge in [0.25, 0.3) is 0 Å². The maximum absolute atomic E-state index is 9.33. The molecule has 1 aliphatic heterocycles.